The molecule has 6 nitrogen and oxygen atoms in total. The largest absolute Gasteiger partial charge is 0.330 e. The molecule has 0 aromatic heterocycles. The van der Waals surface area contributed by atoms with Crippen LogP contribution in [0.3, 0.4) is 0 Å². The minimum absolute atomic E-state index is 0.0108. The number of nitrogens with one attached hydrogen (secondary N) is 1. The fraction of sp³-hybridized carbons (Fsp3) is 0.242. The Morgan fingerprint density at radius 1 is 0.829 bits per heavy atom. The van der Waals surface area contributed by atoms with Gasteiger partial charge in [0.05, 0.1) is 37.6 Å². The molecule has 0 aliphatic carbocycles. The van der Waals surface area contributed by atoms with E-state index in [-0.39, 0.29) is 29.9 Å². The maximum Gasteiger partial charge on any atom is 0.243 e. The fourth-order valence-corrected chi connectivity index (χ4v) is 7.00. The van der Waals surface area contributed by atoms with Crippen LogP contribution in [0, 0.1) is 6.92 Å². The van der Waals surface area contributed by atoms with Gasteiger partial charge >= 0.3 is 0 Å². The first-order valence-corrected chi connectivity index (χ1v) is 15.7. The van der Waals surface area contributed by atoms with Crippen LogP contribution in [0.1, 0.15) is 28.3 Å². The SMILES string of the molecule is Cc1ccc(S(=O)(=O)N(CC(=O)N2CC[NH+](C(c3ccccc3)c3ccccc3)CC2)Cc2ccccc2Cl)cc1. The smallest absolute Gasteiger partial charge is 0.243 e. The summed E-state index contributed by atoms with van der Waals surface area (Å²) in [5.41, 5.74) is 4.09. The third-order valence-electron chi connectivity index (χ3n) is 7.71. The molecule has 0 saturated carbocycles. The Bertz CT molecular complexity index is 1520. The molecule has 1 aliphatic heterocycles. The highest BCUT2D eigenvalue weighted by Crippen LogP contribution is 2.23. The molecule has 0 atom stereocenters. The van der Waals surface area contributed by atoms with Crippen molar-refractivity contribution in [2.45, 2.75) is 24.4 Å². The number of aryl methyl sites for hydroxylation is 1. The van der Waals surface area contributed by atoms with Crippen LogP contribution >= 0.6 is 11.6 Å². The molecule has 1 heterocycles. The van der Waals surface area contributed by atoms with Crippen molar-refractivity contribution in [1.82, 2.24) is 9.21 Å². The molecule has 0 bridgehead atoms. The molecule has 212 valence electrons. The van der Waals surface area contributed by atoms with Gasteiger partial charge in [-0.15, -0.1) is 0 Å². The number of carbonyl (C=O) groups is 1. The zero-order valence-electron chi connectivity index (χ0n) is 23.1. The molecule has 5 rings (SSSR count). The molecular formula is C33H35ClN3O3S+. The molecule has 1 fully saturated rings. The van der Waals surface area contributed by atoms with Crippen molar-refractivity contribution in [3.8, 4) is 0 Å². The van der Waals surface area contributed by atoms with E-state index in [1.807, 2.05) is 25.1 Å². The lowest BCUT2D eigenvalue weighted by Gasteiger charge is -2.37. The van der Waals surface area contributed by atoms with Crippen molar-refractivity contribution in [2.75, 3.05) is 32.7 Å². The first-order chi connectivity index (χ1) is 19.8. The van der Waals surface area contributed by atoms with E-state index in [9.17, 15) is 13.2 Å². The average Bonchev–Trinajstić information content (AvgIpc) is 2.99. The second-order valence-electron chi connectivity index (χ2n) is 10.5. The number of hydrogen-bond acceptors (Lipinski definition) is 3. The van der Waals surface area contributed by atoms with E-state index in [1.54, 1.807) is 47.4 Å². The molecule has 1 aliphatic rings. The average molecular weight is 589 g/mol. The summed E-state index contributed by atoms with van der Waals surface area (Å²) >= 11 is 6.40. The van der Waals surface area contributed by atoms with E-state index in [4.69, 9.17) is 11.6 Å². The number of rotatable bonds is 9. The predicted molar refractivity (Wildman–Crippen MR) is 162 cm³/mol. The van der Waals surface area contributed by atoms with Crippen molar-refractivity contribution in [3.05, 3.63) is 136 Å². The number of benzene rings is 4. The summed E-state index contributed by atoms with van der Waals surface area (Å²) in [6.45, 7) is 4.28. The van der Waals surface area contributed by atoms with E-state index >= 15 is 0 Å². The van der Waals surface area contributed by atoms with Gasteiger partial charge in [-0.3, -0.25) is 4.79 Å². The summed E-state index contributed by atoms with van der Waals surface area (Å²) < 4.78 is 28.7. The lowest BCUT2D eigenvalue weighted by Crippen LogP contribution is -3.15. The summed E-state index contributed by atoms with van der Waals surface area (Å²) in [6.07, 6.45) is 0. The van der Waals surface area contributed by atoms with E-state index < -0.39 is 10.0 Å². The Kier molecular flexibility index (Phi) is 9.20. The molecule has 0 unspecified atom stereocenters. The van der Waals surface area contributed by atoms with Crippen molar-refractivity contribution in [3.63, 3.8) is 0 Å². The minimum atomic E-state index is -3.94. The quantitative estimate of drug-likeness (QED) is 0.316. The van der Waals surface area contributed by atoms with Gasteiger partial charge in [0, 0.05) is 22.7 Å². The molecule has 1 saturated heterocycles. The summed E-state index contributed by atoms with van der Waals surface area (Å²) in [7, 11) is -3.94. The highest BCUT2D eigenvalue weighted by Gasteiger charge is 2.34. The monoisotopic (exact) mass is 588 g/mol. The van der Waals surface area contributed by atoms with Gasteiger partial charge in [-0.2, -0.15) is 4.31 Å². The highest BCUT2D eigenvalue weighted by molar-refractivity contribution is 7.89. The van der Waals surface area contributed by atoms with Crippen LogP contribution in [0.4, 0.5) is 0 Å². The predicted octanol–water partition coefficient (Wildman–Crippen LogP) is 4.36. The number of nitrogens with zero attached hydrogens (tertiary/aromatic N) is 2. The van der Waals surface area contributed by atoms with Gasteiger partial charge in [-0.05, 0) is 30.7 Å². The van der Waals surface area contributed by atoms with Gasteiger partial charge in [0.2, 0.25) is 15.9 Å². The third kappa shape index (κ3) is 6.88. The van der Waals surface area contributed by atoms with Crippen LogP contribution in [0.25, 0.3) is 0 Å². The van der Waals surface area contributed by atoms with E-state index in [1.165, 1.54) is 20.3 Å². The minimum Gasteiger partial charge on any atom is -0.330 e. The first-order valence-electron chi connectivity index (χ1n) is 13.9. The Hall–Kier alpha value is -3.49. The second kappa shape index (κ2) is 13.0. The topological polar surface area (TPSA) is 62.1 Å². The first kappa shape index (κ1) is 29.0. The standard InChI is InChI=1S/C33H34ClN3O3S/c1-26-16-18-30(19-17-26)41(39,40)37(24-29-14-8-9-15-31(29)34)25-32(38)35-20-22-36(23-21-35)33(27-10-4-2-5-11-27)28-12-6-3-7-13-28/h2-19,33H,20-25H2,1H3/p+1. The second-order valence-corrected chi connectivity index (χ2v) is 12.8. The maximum absolute atomic E-state index is 13.7. The van der Waals surface area contributed by atoms with Gasteiger partial charge in [-0.1, -0.05) is 108 Å². The lowest BCUT2D eigenvalue weighted by atomic mass is 9.96. The van der Waals surface area contributed by atoms with Crippen LogP contribution in [-0.4, -0.2) is 56.3 Å². The van der Waals surface area contributed by atoms with Crippen LogP contribution < -0.4 is 4.90 Å². The Morgan fingerprint density at radius 2 is 1.37 bits per heavy atom. The lowest BCUT2D eigenvalue weighted by molar-refractivity contribution is -0.929. The number of halogens is 1. The zero-order valence-corrected chi connectivity index (χ0v) is 24.7. The summed E-state index contributed by atoms with van der Waals surface area (Å²) in [6, 6.07) is 34.9. The number of piperazine rings is 1. The van der Waals surface area contributed by atoms with Gasteiger partial charge in [0.15, 0.2) is 0 Å². The summed E-state index contributed by atoms with van der Waals surface area (Å²) in [5.74, 6) is -0.206. The molecular weight excluding hydrogens is 554 g/mol. The molecule has 1 amide bonds. The summed E-state index contributed by atoms with van der Waals surface area (Å²) in [4.78, 5) is 16.9. The highest BCUT2D eigenvalue weighted by atomic mass is 35.5. The van der Waals surface area contributed by atoms with E-state index in [2.05, 4.69) is 48.5 Å². The fourth-order valence-electron chi connectivity index (χ4n) is 5.44. The molecule has 0 radical (unpaired) electrons. The van der Waals surface area contributed by atoms with Crippen molar-refractivity contribution >= 4 is 27.5 Å². The van der Waals surface area contributed by atoms with Crippen molar-refractivity contribution in [1.29, 1.82) is 0 Å². The van der Waals surface area contributed by atoms with Gasteiger partial charge < -0.3 is 9.80 Å². The van der Waals surface area contributed by atoms with Gasteiger partial charge in [0.25, 0.3) is 0 Å². The van der Waals surface area contributed by atoms with Crippen LogP contribution in [0.5, 0.6) is 0 Å². The van der Waals surface area contributed by atoms with Gasteiger partial charge in [0.1, 0.15) is 6.04 Å². The van der Waals surface area contributed by atoms with Crippen molar-refractivity contribution in [2.24, 2.45) is 0 Å². The molecule has 0 spiro atoms. The number of sulfonamides is 1. The molecule has 8 heteroatoms. The van der Waals surface area contributed by atoms with Crippen LogP contribution in [-0.2, 0) is 21.4 Å². The number of carbonyl (C=O) groups excluding carboxylic acids is 1. The molecule has 4 aromatic carbocycles. The van der Waals surface area contributed by atoms with Crippen LogP contribution in [0.2, 0.25) is 5.02 Å². The van der Waals surface area contributed by atoms with E-state index in [0.717, 1.165) is 18.7 Å². The third-order valence-corrected chi connectivity index (χ3v) is 9.88. The number of hydrogen-bond donors (Lipinski definition) is 1. The number of amides is 1. The normalized spacial score (nSPS) is 14.5. The van der Waals surface area contributed by atoms with Gasteiger partial charge in [-0.25, -0.2) is 8.42 Å². The number of quaternary nitrogens is 1. The molecule has 4 aromatic rings. The zero-order chi connectivity index (χ0) is 28.8. The summed E-state index contributed by atoms with van der Waals surface area (Å²) in [5, 5.41) is 0.467. The molecule has 1 N–H and O–H groups in total. The Morgan fingerprint density at radius 3 is 1.93 bits per heavy atom. The van der Waals surface area contributed by atoms with Crippen molar-refractivity contribution < 1.29 is 18.1 Å². The maximum atomic E-state index is 13.7. The Labute approximate surface area is 247 Å². The molecule has 41 heavy (non-hydrogen) atoms. The van der Waals surface area contributed by atoms with Crippen LogP contribution in [0.15, 0.2) is 114 Å². The van der Waals surface area contributed by atoms with E-state index in [0.29, 0.717) is 23.7 Å². The Balaban J connectivity index is 1.33.